The number of ether oxygens (including phenoxy) is 1. The molecular weight excluding hydrogens is 234 g/mol. The van der Waals surface area contributed by atoms with E-state index in [-0.39, 0.29) is 0 Å². The quantitative estimate of drug-likeness (QED) is 0.871. The van der Waals surface area contributed by atoms with E-state index in [4.69, 9.17) is 4.74 Å². The minimum Gasteiger partial charge on any atom is -0.378 e. The first kappa shape index (κ1) is 12.8. The molecule has 0 aliphatic carbocycles. The van der Waals surface area contributed by atoms with Gasteiger partial charge in [-0.25, -0.2) is 4.98 Å². The molecule has 1 N–H and O–H groups in total. The summed E-state index contributed by atoms with van der Waals surface area (Å²) in [5.74, 6) is 0. The maximum Gasteiger partial charge on any atom is 0.185 e. The molecule has 2 rings (SSSR count). The van der Waals surface area contributed by atoms with Crippen molar-refractivity contribution in [2.75, 3.05) is 31.2 Å². The van der Waals surface area contributed by atoms with Crippen LogP contribution in [0.25, 0.3) is 0 Å². The van der Waals surface area contributed by atoms with Crippen molar-refractivity contribution in [2.45, 2.75) is 32.9 Å². The van der Waals surface area contributed by atoms with Crippen molar-refractivity contribution < 1.29 is 4.74 Å². The first-order valence-corrected chi connectivity index (χ1v) is 7.12. The lowest BCUT2D eigenvalue weighted by Crippen LogP contribution is -2.36. The first-order valence-electron chi connectivity index (χ1n) is 6.30. The summed E-state index contributed by atoms with van der Waals surface area (Å²) in [7, 11) is 0. The number of anilines is 1. The highest BCUT2D eigenvalue weighted by Crippen LogP contribution is 2.23. The molecule has 1 saturated heterocycles. The maximum absolute atomic E-state index is 5.34. The molecule has 1 unspecified atom stereocenters. The second kappa shape index (κ2) is 6.33. The van der Waals surface area contributed by atoms with Gasteiger partial charge < -0.3 is 15.0 Å². The van der Waals surface area contributed by atoms with Crippen LogP contribution in [0.1, 0.15) is 25.1 Å². The molecule has 1 aromatic rings. The highest BCUT2D eigenvalue weighted by Gasteiger charge is 2.14. The van der Waals surface area contributed by atoms with Crippen molar-refractivity contribution in [3.8, 4) is 0 Å². The average molecular weight is 255 g/mol. The van der Waals surface area contributed by atoms with Gasteiger partial charge in [-0.3, -0.25) is 0 Å². The van der Waals surface area contributed by atoms with Gasteiger partial charge in [-0.05, 0) is 13.3 Å². The van der Waals surface area contributed by atoms with Gasteiger partial charge >= 0.3 is 0 Å². The maximum atomic E-state index is 5.34. The van der Waals surface area contributed by atoms with Crippen LogP contribution in [0.5, 0.6) is 0 Å². The number of morpholine rings is 1. The minimum absolute atomic E-state index is 0.573. The van der Waals surface area contributed by atoms with Crippen molar-refractivity contribution in [3.05, 3.63) is 11.1 Å². The van der Waals surface area contributed by atoms with Crippen molar-refractivity contribution in [1.82, 2.24) is 10.3 Å². The lowest BCUT2D eigenvalue weighted by Gasteiger charge is -2.26. The highest BCUT2D eigenvalue weighted by atomic mass is 32.1. The van der Waals surface area contributed by atoms with E-state index in [1.165, 1.54) is 4.88 Å². The zero-order chi connectivity index (χ0) is 12.1. The molecule has 1 aromatic heterocycles. The Bertz CT molecular complexity index is 336. The van der Waals surface area contributed by atoms with Gasteiger partial charge in [0.15, 0.2) is 5.13 Å². The second-order valence-corrected chi connectivity index (χ2v) is 5.49. The standard InChI is InChI=1S/C12H21N3OS/c1-3-10(2)13-8-11-9-14-12(17-11)15-4-6-16-7-5-15/h9-10,13H,3-8H2,1-2H3. The molecule has 1 aliphatic rings. The Labute approximate surface area is 107 Å². The van der Waals surface area contributed by atoms with Gasteiger partial charge in [0.2, 0.25) is 0 Å². The summed E-state index contributed by atoms with van der Waals surface area (Å²) < 4.78 is 5.34. The van der Waals surface area contributed by atoms with E-state index >= 15 is 0 Å². The Balaban J connectivity index is 1.86. The summed E-state index contributed by atoms with van der Waals surface area (Å²) in [6, 6.07) is 0.573. The van der Waals surface area contributed by atoms with Gasteiger partial charge in [-0.2, -0.15) is 0 Å². The summed E-state index contributed by atoms with van der Waals surface area (Å²) >= 11 is 1.79. The number of nitrogens with one attached hydrogen (secondary N) is 1. The summed E-state index contributed by atoms with van der Waals surface area (Å²) in [5, 5.41) is 4.63. The third-order valence-corrected chi connectivity index (χ3v) is 4.12. The predicted octanol–water partition coefficient (Wildman–Crippen LogP) is 1.87. The summed E-state index contributed by atoms with van der Waals surface area (Å²) in [6.07, 6.45) is 3.15. The Morgan fingerprint density at radius 3 is 3.00 bits per heavy atom. The summed E-state index contributed by atoms with van der Waals surface area (Å²) in [4.78, 5) is 8.11. The molecule has 5 heteroatoms. The smallest absolute Gasteiger partial charge is 0.185 e. The van der Waals surface area contributed by atoms with E-state index in [2.05, 4.69) is 29.0 Å². The third kappa shape index (κ3) is 3.66. The minimum atomic E-state index is 0.573. The number of hydrogen-bond donors (Lipinski definition) is 1. The molecule has 4 nitrogen and oxygen atoms in total. The second-order valence-electron chi connectivity index (χ2n) is 4.40. The fraction of sp³-hybridized carbons (Fsp3) is 0.750. The van der Waals surface area contributed by atoms with Crippen molar-refractivity contribution in [3.63, 3.8) is 0 Å². The number of aromatic nitrogens is 1. The topological polar surface area (TPSA) is 37.4 Å². The molecule has 2 heterocycles. The normalized spacial score (nSPS) is 18.4. The summed E-state index contributed by atoms with van der Waals surface area (Å²) in [5.41, 5.74) is 0. The number of rotatable bonds is 5. The van der Waals surface area contributed by atoms with E-state index in [9.17, 15) is 0 Å². The molecule has 0 amide bonds. The highest BCUT2D eigenvalue weighted by molar-refractivity contribution is 7.15. The largest absolute Gasteiger partial charge is 0.378 e. The van der Waals surface area contributed by atoms with E-state index < -0.39 is 0 Å². The summed E-state index contributed by atoms with van der Waals surface area (Å²) in [6.45, 7) is 8.90. The molecule has 1 fully saturated rings. The zero-order valence-corrected chi connectivity index (χ0v) is 11.4. The van der Waals surface area contributed by atoms with Crippen molar-refractivity contribution in [2.24, 2.45) is 0 Å². The number of nitrogens with zero attached hydrogens (tertiary/aromatic N) is 2. The predicted molar refractivity (Wildman–Crippen MR) is 71.7 cm³/mol. The first-order chi connectivity index (χ1) is 8.29. The van der Waals surface area contributed by atoms with Crippen molar-refractivity contribution in [1.29, 1.82) is 0 Å². The SMILES string of the molecule is CCC(C)NCc1cnc(N2CCOCC2)s1. The van der Waals surface area contributed by atoms with E-state index in [1.807, 2.05) is 6.20 Å². The van der Waals surface area contributed by atoms with Gasteiger partial charge in [0.25, 0.3) is 0 Å². The molecule has 0 radical (unpaired) electrons. The Hall–Kier alpha value is -0.650. The van der Waals surface area contributed by atoms with E-state index in [1.54, 1.807) is 11.3 Å². The Kier molecular flexibility index (Phi) is 4.76. The molecule has 0 saturated carbocycles. The van der Waals surface area contributed by atoms with Crippen LogP contribution in [-0.4, -0.2) is 37.3 Å². The number of hydrogen-bond acceptors (Lipinski definition) is 5. The zero-order valence-electron chi connectivity index (χ0n) is 10.6. The fourth-order valence-electron chi connectivity index (χ4n) is 1.70. The van der Waals surface area contributed by atoms with Gasteiger partial charge in [-0.1, -0.05) is 6.92 Å². The van der Waals surface area contributed by atoms with E-state index in [0.29, 0.717) is 6.04 Å². The molecule has 0 spiro atoms. The van der Waals surface area contributed by atoms with Crippen LogP contribution in [0.3, 0.4) is 0 Å². The van der Waals surface area contributed by atoms with Gasteiger partial charge in [0, 0.05) is 36.8 Å². The third-order valence-electron chi connectivity index (χ3n) is 3.06. The average Bonchev–Trinajstić information content (AvgIpc) is 2.86. The Morgan fingerprint density at radius 2 is 2.29 bits per heavy atom. The van der Waals surface area contributed by atoms with Crippen LogP contribution in [0.2, 0.25) is 0 Å². The molecule has 96 valence electrons. The number of thiazole rings is 1. The molecular formula is C12H21N3OS. The van der Waals surface area contributed by atoms with E-state index in [0.717, 1.165) is 44.4 Å². The van der Waals surface area contributed by atoms with Crippen molar-refractivity contribution >= 4 is 16.5 Å². The van der Waals surface area contributed by atoms with Crippen LogP contribution in [0, 0.1) is 0 Å². The monoisotopic (exact) mass is 255 g/mol. The molecule has 17 heavy (non-hydrogen) atoms. The van der Waals surface area contributed by atoms with Crippen LogP contribution in [-0.2, 0) is 11.3 Å². The Morgan fingerprint density at radius 1 is 1.53 bits per heavy atom. The van der Waals surface area contributed by atoms with Gasteiger partial charge in [0.05, 0.1) is 13.2 Å². The fourth-order valence-corrected chi connectivity index (χ4v) is 2.61. The lowest BCUT2D eigenvalue weighted by molar-refractivity contribution is 0.122. The van der Waals surface area contributed by atoms with Crippen LogP contribution < -0.4 is 10.2 Å². The van der Waals surface area contributed by atoms with Crippen LogP contribution in [0.15, 0.2) is 6.20 Å². The van der Waals surface area contributed by atoms with Gasteiger partial charge in [0.1, 0.15) is 0 Å². The molecule has 0 bridgehead atoms. The van der Waals surface area contributed by atoms with Gasteiger partial charge in [-0.15, -0.1) is 11.3 Å². The van der Waals surface area contributed by atoms with Crippen LogP contribution in [0.4, 0.5) is 5.13 Å². The molecule has 1 aliphatic heterocycles. The molecule has 1 atom stereocenters. The van der Waals surface area contributed by atoms with Crippen LogP contribution >= 0.6 is 11.3 Å². The lowest BCUT2D eigenvalue weighted by atomic mass is 10.2. The molecule has 0 aromatic carbocycles.